The molecule has 0 aliphatic carbocycles. The molecule has 0 spiro atoms. The van der Waals surface area contributed by atoms with Gasteiger partial charge < -0.3 is 10.8 Å². The molecule has 0 atom stereocenters. The van der Waals surface area contributed by atoms with Crippen LogP contribution in [-0.2, 0) is 0 Å². The van der Waals surface area contributed by atoms with Crippen LogP contribution >= 0.6 is 11.6 Å². The van der Waals surface area contributed by atoms with Crippen molar-refractivity contribution in [2.75, 3.05) is 5.73 Å². The fourth-order valence-corrected chi connectivity index (χ4v) is 2.00. The fourth-order valence-electron chi connectivity index (χ4n) is 1.78. The lowest BCUT2D eigenvalue weighted by Gasteiger charge is -2.02. The number of nitro groups is 3. The Morgan fingerprint density at radius 3 is 1.69 bits per heavy atom. The molecule has 0 saturated carbocycles. The number of nitrogens with zero attached hydrogens (tertiary/aromatic N) is 3. The van der Waals surface area contributed by atoms with Gasteiger partial charge in [-0.25, -0.2) is 0 Å². The van der Waals surface area contributed by atoms with Crippen molar-refractivity contribution >= 4 is 34.4 Å². The van der Waals surface area contributed by atoms with Crippen molar-refractivity contribution in [3.05, 3.63) is 70.8 Å². The number of anilines is 1. The largest absolute Gasteiger partial charge is 0.497 e. The van der Waals surface area contributed by atoms with Crippen LogP contribution in [0.15, 0.2) is 24.3 Å². The van der Waals surface area contributed by atoms with Gasteiger partial charge in [0, 0.05) is 10.7 Å². The predicted molar refractivity (Wildman–Crippen MR) is 93.4 cm³/mol. The Balaban J connectivity index is 0.000000289. The van der Waals surface area contributed by atoms with Crippen LogP contribution in [0.1, 0.15) is 11.1 Å². The van der Waals surface area contributed by atoms with Gasteiger partial charge in [0.1, 0.15) is 0 Å². The monoisotopic (exact) mass is 384 g/mol. The molecule has 26 heavy (non-hydrogen) atoms. The first-order valence-corrected chi connectivity index (χ1v) is 7.15. The molecule has 3 N–H and O–H groups in total. The van der Waals surface area contributed by atoms with Crippen LogP contribution in [0, 0.1) is 44.2 Å². The lowest BCUT2D eigenvalue weighted by Crippen LogP contribution is -1.97. The van der Waals surface area contributed by atoms with Crippen LogP contribution in [0.2, 0.25) is 5.02 Å². The minimum Gasteiger partial charge on any atom is -0.497 e. The van der Waals surface area contributed by atoms with Crippen LogP contribution in [-0.4, -0.2) is 19.9 Å². The minimum absolute atomic E-state index is 0.447. The highest BCUT2D eigenvalue weighted by Gasteiger charge is 2.30. The number of nitro benzene ring substituents is 3. The van der Waals surface area contributed by atoms with Crippen LogP contribution in [0.5, 0.6) is 5.75 Å². The molecule has 0 saturated heterocycles. The molecular formula is C14H13ClN4O7. The van der Waals surface area contributed by atoms with E-state index >= 15 is 0 Å². The van der Waals surface area contributed by atoms with E-state index in [1.807, 2.05) is 26.0 Å². The third-order valence-electron chi connectivity index (χ3n) is 3.21. The summed E-state index contributed by atoms with van der Waals surface area (Å²) in [6.45, 7) is 3.89. The number of benzene rings is 2. The number of halogens is 1. The fraction of sp³-hybridized carbons (Fsp3) is 0.143. The average Bonchev–Trinajstić information content (AvgIpc) is 2.53. The molecule has 0 fully saturated rings. The third-order valence-corrected chi connectivity index (χ3v) is 3.61. The number of nitrogen functional groups attached to an aromatic ring is 1. The topological polar surface area (TPSA) is 176 Å². The second-order valence-corrected chi connectivity index (χ2v) is 5.47. The van der Waals surface area contributed by atoms with Gasteiger partial charge in [-0.1, -0.05) is 11.6 Å². The van der Waals surface area contributed by atoms with E-state index in [-0.39, 0.29) is 0 Å². The highest BCUT2D eigenvalue weighted by Crippen LogP contribution is 2.38. The molecule has 0 unspecified atom stereocenters. The van der Waals surface area contributed by atoms with Crippen molar-refractivity contribution < 1.29 is 19.9 Å². The van der Waals surface area contributed by atoms with Gasteiger partial charge in [0.2, 0.25) is 0 Å². The summed E-state index contributed by atoms with van der Waals surface area (Å²) < 4.78 is 0. The van der Waals surface area contributed by atoms with Crippen molar-refractivity contribution in [1.82, 2.24) is 0 Å². The quantitative estimate of drug-likeness (QED) is 0.457. The summed E-state index contributed by atoms with van der Waals surface area (Å²) in [7, 11) is 0. The van der Waals surface area contributed by atoms with Gasteiger partial charge in [-0.15, -0.1) is 0 Å². The van der Waals surface area contributed by atoms with E-state index < -0.39 is 37.6 Å². The lowest BCUT2D eigenvalue weighted by molar-refractivity contribution is -0.404. The zero-order chi connectivity index (χ0) is 20.2. The first kappa shape index (κ1) is 20.6. The third kappa shape index (κ3) is 4.77. The lowest BCUT2D eigenvalue weighted by atomic mass is 10.1. The maximum absolute atomic E-state index is 10.4. The summed E-state index contributed by atoms with van der Waals surface area (Å²) in [4.78, 5) is 27.8. The first-order valence-electron chi connectivity index (χ1n) is 6.78. The number of rotatable bonds is 3. The van der Waals surface area contributed by atoms with Crippen molar-refractivity contribution in [3.63, 3.8) is 0 Å². The summed E-state index contributed by atoms with van der Waals surface area (Å²) in [5.74, 6) is -1.21. The summed E-state index contributed by atoms with van der Waals surface area (Å²) >= 11 is 5.83. The molecular weight excluding hydrogens is 372 g/mol. The Morgan fingerprint density at radius 1 is 0.885 bits per heavy atom. The van der Waals surface area contributed by atoms with E-state index in [9.17, 15) is 30.3 Å². The predicted octanol–water partition coefficient (Wildman–Crippen LogP) is 3.66. The SMILES string of the molecule is Cc1cc(Cl)c(C)cc1N.O=[N+]([O-])c1cc([N+](=O)[O-])c(O)c([N+](=O)[O-])c1. The maximum atomic E-state index is 10.4. The Labute approximate surface area is 151 Å². The number of aromatic hydroxyl groups is 1. The van der Waals surface area contributed by atoms with E-state index in [0.29, 0.717) is 12.1 Å². The van der Waals surface area contributed by atoms with Crippen LogP contribution < -0.4 is 5.73 Å². The highest BCUT2D eigenvalue weighted by atomic mass is 35.5. The van der Waals surface area contributed by atoms with Crippen molar-refractivity contribution in [3.8, 4) is 5.75 Å². The van der Waals surface area contributed by atoms with Gasteiger partial charge in [0.05, 0.1) is 26.9 Å². The molecule has 0 amide bonds. The number of non-ortho nitro benzene ring substituents is 1. The normalized spacial score (nSPS) is 9.81. The van der Waals surface area contributed by atoms with Gasteiger partial charge in [0.25, 0.3) is 11.4 Å². The highest BCUT2D eigenvalue weighted by molar-refractivity contribution is 6.31. The van der Waals surface area contributed by atoms with E-state index in [4.69, 9.17) is 22.4 Å². The Bertz CT molecular complexity index is 816. The zero-order valence-electron chi connectivity index (χ0n) is 13.5. The Morgan fingerprint density at radius 2 is 1.35 bits per heavy atom. The average molecular weight is 385 g/mol. The molecule has 0 heterocycles. The summed E-state index contributed by atoms with van der Waals surface area (Å²) in [5.41, 5.74) is 5.51. The van der Waals surface area contributed by atoms with Gasteiger partial charge in [-0.2, -0.15) is 0 Å². The smallest absolute Gasteiger partial charge is 0.324 e. The second kappa shape index (κ2) is 8.07. The number of nitrogens with two attached hydrogens (primary N) is 1. The summed E-state index contributed by atoms with van der Waals surface area (Å²) in [6.07, 6.45) is 0. The summed E-state index contributed by atoms with van der Waals surface area (Å²) in [6, 6.07) is 4.66. The summed E-state index contributed by atoms with van der Waals surface area (Å²) in [5, 5.41) is 41.0. The van der Waals surface area contributed by atoms with E-state index in [0.717, 1.165) is 21.8 Å². The molecule has 0 aliphatic rings. The molecule has 0 aliphatic heterocycles. The zero-order valence-corrected chi connectivity index (χ0v) is 14.3. The standard InChI is InChI=1S/C8H10ClN.C6H3N3O7/c1-5-4-8(10)6(2)3-7(5)9;10-6-4(8(13)14)1-3(7(11)12)2-5(6)9(15)16/h3-4H,10H2,1-2H3;1-2,10H. The first-order chi connectivity index (χ1) is 12.0. The number of phenols is 1. The molecule has 0 aromatic heterocycles. The second-order valence-electron chi connectivity index (χ2n) is 5.06. The van der Waals surface area contributed by atoms with E-state index in [1.54, 1.807) is 0 Å². The Kier molecular flexibility index (Phi) is 6.39. The van der Waals surface area contributed by atoms with E-state index in [1.165, 1.54) is 0 Å². The van der Waals surface area contributed by atoms with Crippen molar-refractivity contribution in [2.24, 2.45) is 0 Å². The minimum atomic E-state index is -1.21. The van der Waals surface area contributed by atoms with Gasteiger partial charge in [-0.3, -0.25) is 30.3 Å². The number of hydrogen-bond acceptors (Lipinski definition) is 8. The number of phenolic OH excluding ortho intramolecular Hbond substituents is 1. The molecule has 11 nitrogen and oxygen atoms in total. The van der Waals surface area contributed by atoms with Gasteiger partial charge in [0.15, 0.2) is 0 Å². The van der Waals surface area contributed by atoms with Crippen molar-refractivity contribution in [2.45, 2.75) is 13.8 Å². The Hall–Kier alpha value is -3.47. The van der Waals surface area contributed by atoms with Gasteiger partial charge in [-0.05, 0) is 37.1 Å². The molecule has 2 aromatic rings. The van der Waals surface area contributed by atoms with Crippen LogP contribution in [0.3, 0.4) is 0 Å². The van der Waals surface area contributed by atoms with Crippen LogP contribution in [0.4, 0.5) is 22.7 Å². The molecule has 12 heteroatoms. The van der Waals surface area contributed by atoms with Gasteiger partial charge >= 0.3 is 11.4 Å². The van der Waals surface area contributed by atoms with E-state index in [2.05, 4.69) is 0 Å². The maximum Gasteiger partial charge on any atom is 0.324 e. The number of aryl methyl sites for hydroxylation is 2. The molecule has 138 valence electrons. The molecule has 0 bridgehead atoms. The molecule has 2 rings (SSSR count). The van der Waals surface area contributed by atoms with Crippen molar-refractivity contribution in [1.29, 1.82) is 0 Å². The van der Waals surface area contributed by atoms with Crippen LogP contribution in [0.25, 0.3) is 0 Å². The molecule has 2 aromatic carbocycles. The molecule has 0 radical (unpaired) electrons. The number of hydrogen-bond donors (Lipinski definition) is 2.